The molecule has 4 aliphatic carbocycles. The van der Waals surface area contributed by atoms with Crippen LogP contribution in [0.1, 0.15) is 54.4 Å². The number of nitro benzene ring substituents is 1. The van der Waals surface area contributed by atoms with Crippen molar-refractivity contribution in [2.45, 2.75) is 38.5 Å². The predicted molar refractivity (Wildman–Crippen MR) is 132 cm³/mol. The van der Waals surface area contributed by atoms with Crippen molar-refractivity contribution in [3.8, 4) is 0 Å². The zero-order chi connectivity index (χ0) is 24.2. The Bertz CT molecular complexity index is 1130. The third kappa shape index (κ3) is 3.91. The van der Waals surface area contributed by atoms with Crippen molar-refractivity contribution >= 4 is 23.1 Å². The fourth-order valence-electron chi connectivity index (χ4n) is 7.69. The van der Waals surface area contributed by atoms with Crippen LogP contribution in [0.5, 0.6) is 0 Å². The molecule has 5 fully saturated rings. The topological polar surface area (TPSA) is 83.8 Å². The van der Waals surface area contributed by atoms with Crippen LogP contribution in [0.3, 0.4) is 0 Å². The standard InChI is InChI=1S/C28H31N3O4/c32-26(22-4-2-1-3-5-22)23-6-7-24(25(15-23)31(34)35)29-8-10-30(11-9-29)27(33)28-16-19-12-20(17-28)14-21(13-19)18-28/h1-7,15,19-21H,8-14,16-18H2. The van der Waals surface area contributed by atoms with Crippen molar-refractivity contribution in [1.29, 1.82) is 0 Å². The van der Waals surface area contributed by atoms with Gasteiger partial charge in [-0.15, -0.1) is 0 Å². The van der Waals surface area contributed by atoms with E-state index >= 15 is 0 Å². The van der Waals surface area contributed by atoms with Crippen LogP contribution in [0.4, 0.5) is 11.4 Å². The molecule has 1 heterocycles. The molecule has 7 nitrogen and oxygen atoms in total. The largest absolute Gasteiger partial charge is 0.362 e. The van der Waals surface area contributed by atoms with E-state index in [1.165, 1.54) is 25.3 Å². The van der Waals surface area contributed by atoms with Gasteiger partial charge in [0.05, 0.1) is 10.3 Å². The van der Waals surface area contributed by atoms with E-state index in [4.69, 9.17) is 0 Å². The van der Waals surface area contributed by atoms with Crippen LogP contribution < -0.4 is 4.90 Å². The summed E-state index contributed by atoms with van der Waals surface area (Å²) in [4.78, 5) is 42.0. The first kappa shape index (κ1) is 22.3. The molecule has 0 unspecified atom stereocenters. The van der Waals surface area contributed by atoms with E-state index in [1.54, 1.807) is 36.4 Å². The van der Waals surface area contributed by atoms with Crippen LogP contribution in [0, 0.1) is 33.3 Å². The van der Waals surface area contributed by atoms with Crippen LogP contribution in [0.15, 0.2) is 48.5 Å². The number of carbonyl (C=O) groups is 2. The molecule has 1 amide bonds. The smallest absolute Gasteiger partial charge is 0.293 e. The van der Waals surface area contributed by atoms with Crippen molar-refractivity contribution in [3.63, 3.8) is 0 Å². The summed E-state index contributed by atoms with van der Waals surface area (Å²) in [6, 6.07) is 13.5. The van der Waals surface area contributed by atoms with Crippen LogP contribution in [0.2, 0.25) is 0 Å². The maximum absolute atomic E-state index is 13.7. The molecular weight excluding hydrogens is 442 g/mol. The summed E-state index contributed by atoms with van der Waals surface area (Å²) in [5, 5.41) is 11.9. The molecule has 35 heavy (non-hydrogen) atoms. The number of hydrogen-bond acceptors (Lipinski definition) is 5. The number of rotatable bonds is 5. The van der Waals surface area contributed by atoms with Gasteiger partial charge in [-0.05, 0) is 68.4 Å². The molecule has 4 bridgehead atoms. The number of nitro groups is 1. The molecule has 4 saturated carbocycles. The Labute approximate surface area is 205 Å². The SMILES string of the molecule is O=C(c1ccccc1)c1ccc(N2CCN(C(=O)C34CC5CC(CC(C5)C3)C4)CC2)c([N+](=O)[O-])c1. The normalized spacial score (nSPS) is 29.3. The molecule has 182 valence electrons. The van der Waals surface area contributed by atoms with E-state index in [9.17, 15) is 19.7 Å². The van der Waals surface area contributed by atoms with Gasteiger partial charge in [-0.25, -0.2) is 0 Å². The molecule has 1 aliphatic heterocycles. The van der Waals surface area contributed by atoms with Gasteiger partial charge in [-0.2, -0.15) is 0 Å². The minimum Gasteiger partial charge on any atom is -0.362 e. The minimum atomic E-state index is -0.413. The summed E-state index contributed by atoms with van der Waals surface area (Å²) in [7, 11) is 0. The van der Waals surface area contributed by atoms with Crippen molar-refractivity contribution in [2.24, 2.45) is 23.2 Å². The molecule has 0 radical (unpaired) electrons. The third-order valence-electron chi connectivity index (χ3n) is 8.87. The summed E-state index contributed by atoms with van der Waals surface area (Å²) < 4.78 is 0. The Balaban J connectivity index is 1.17. The number of carbonyl (C=O) groups excluding carboxylic acids is 2. The first-order chi connectivity index (χ1) is 16.9. The van der Waals surface area contributed by atoms with Gasteiger partial charge >= 0.3 is 0 Å². The summed E-state index contributed by atoms with van der Waals surface area (Å²) in [6.07, 6.45) is 7.10. The molecule has 1 saturated heterocycles. The fourth-order valence-corrected chi connectivity index (χ4v) is 7.69. The first-order valence-corrected chi connectivity index (χ1v) is 12.8. The highest BCUT2D eigenvalue weighted by atomic mass is 16.6. The van der Waals surface area contributed by atoms with Gasteiger partial charge in [-0.3, -0.25) is 19.7 Å². The van der Waals surface area contributed by atoms with Crippen molar-refractivity contribution in [1.82, 2.24) is 4.90 Å². The van der Waals surface area contributed by atoms with Crippen LogP contribution in [-0.2, 0) is 4.79 Å². The predicted octanol–water partition coefficient (Wildman–Crippen LogP) is 4.69. The average Bonchev–Trinajstić information content (AvgIpc) is 2.87. The highest BCUT2D eigenvalue weighted by Crippen LogP contribution is 2.60. The van der Waals surface area contributed by atoms with Gasteiger partial charge in [0.1, 0.15) is 5.69 Å². The van der Waals surface area contributed by atoms with E-state index in [2.05, 4.69) is 0 Å². The third-order valence-corrected chi connectivity index (χ3v) is 8.87. The number of amides is 1. The van der Waals surface area contributed by atoms with Gasteiger partial charge in [0.25, 0.3) is 5.69 Å². The quantitative estimate of drug-likeness (QED) is 0.357. The molecule has 5 aliphatic rings. The lowest BCUT2D eigenvalue weighted by molar-refractivity contribution is -0.384. The monoisotopic (exact) mass is 473 g/mol. The van der Waals surface area contributed by atoms with Crippen LogP contribution in [-0.4, -0.2) is 47.7 Å². The Morgan fingerprint density at radius 3 is 2.00 bits per heavy atom. The molecular formula is C28H31N3O4. The zero-order valence-electron chi connectivity index (χ0n) is 19.9. The molecule has 7 heteroatoms. The first-order valence-electron chi connectivity index (χ1n) is 12.8. The number of benzene rings is 2. The summed E-state index contributed by atoms with van der Waals surface area (Å²) >= 11 is 0. The van der Waals surface area contributed by atoms with Gasteiger partial charge < -0.3 is 9.80 Å². The van der Waals surface area contributed by atoms with E-state index in [0.29, 0.717) is 48.9 Å². The Kier molecular flexibility index (Phi) is 5.38. The highest BCUT2D eigenvalue weighted by Gasteiger charge is 2.55. The summed E-state index contributed by atoms with van der Waals surface area (Å²) in [6.45, 7) is 2.29. The van der Waals surface area contributed by atoms with Crippen LogP contribution in [0.25, 0.3) is 0 Å². The zero-order valence-corrected chi connectivity index (χ0v) is 19.9. The number of anilines is 1. The lowest BCUT2D eigenvalue weighted by atomic mass is 9.49. The van der Waals surface area contributed by atoms with E-state index < -0.39 is 4.92 Å². The van der Waals surface area contributed by atoms with Crippen molar-refractivity contribution in [3.05, 3.63) is 69.8 Å². The lowest BCUT2D eigenvalue weighted by Crippen LogP contribution is -2.58. The molecule has 2 aromatic rings. The van der Waals surface area contributed by atoms with Gasteiger partial charge in [0.15, 0.2) is 5.78 Å². The molecule has 0 atom stereocenters. The Morgan fingerprint density at radius 2 is 1.43 bits per heavy atom. The highest BCUT2D eigenvalue weighted by molar-refractivity contribution is 6.09. The molecule has 2 aromatic carbocycles. The number of nitrogens with zero attached hydrogens (tertiary/aromatic N) is 3. The average molecular weight is 474 g/mol. The summed E-state index contributed by atoms with van der Waals surface area (Å²) in [5.74, 6) is 2.28. The fraction of sp³-hybridized carbons (Fsp3) is 0.500. The van der Waals surface area contributed by atoms with E-state index in [0.717, 1.165) is 37.0 Å². The van der Waals surface area contributed by atoms with Gasteiger partial charge in [-0.1, -0.05) is 30.3 Å². The maximum atomic E-state index is 13.7. The lowest BCUT2D eigenvalue weighted by Gasteiger charge is -2.57. The molecule has 0 N–H and O–H groups in total. The number of hydrogen-bond donors (Lipinski definition) is 0. The van der Waals surface area contributed by atoms with E-state index in [-0.39, 0.29) is 16.9 Å². The van der Waals surface area contributed by atoms with E-state index in [1.807, 2.05) is 15.9 Å². The molecule has 0 spiro atoms. The number of piperazine rings is 1. The second kappa shape index (κ2) is 8.47. The van der Waals surface area contributed by atoms with Gasteiger partial charge in [0.2, 0.25) is 5.91 Å². The maximum Gasteiger partial charge on any atom is 0.293 e. The van der Waals surface area contributed by atoms with Crippen LogP contribution >= 0.6 is 0 Å². The van der Waals surface area contributed by atoms with Gasteiger partial charge in [0, 0.05) is 43.4 Å². The Morgan fingerprint density at radius 1 is 0.829 bits per heavy atom. The molecule has 0 aromatic heterocycles. The second-order valence-corrected chi connectivity index (χ2v) is 11.1. The second-order valence-electron chi connectivity index (χ2n) is 11.1. The van der Waals surface area contributed by atoms with Crippen molar-refractivity contribution in [2.75, 3.05) is 31.1 Å². The minimum absolute atomic E-state index is 0.0624. The number of ketones is 1. The summed E-state index contributed by atoms with van der Waals surface area (Å²) in [5.41, 5.74) is 1.12. The molecule has 7 rings (SSSR count). The Hall–Kier alpha value is -3.22. The van der Waals surface area contributed by atoms with Crippen molar-refractivity contribution < 1.29 is 14.5 Å².